The van der Waals surface area contributed by atoms with Gasteiger partial charge in [0, 0.05) is 26.6 Å². The molecule has 0 aromatic heterocycles. The van der Waals surface area contributed by atoms with Crippen LogP contribution >= 0.6 is 0 Å². The van der Waals surface area contributed by atoms with Gasteiger partial charge in [-0.2, -0.15) is 0 Å². The molecule has 0 heterocycles. The van der Waals surface area contributed by atoms with Crippen LogP contribution in [0.3, 0.4) is 0 Å². The van der Waals surface area contributed by atoms with Crippen molar-refractivity contribution < 1.29 is 14.6 Å². The zero-order valence-electron chi connectivity index (χ0n) is 10.6. The van der Waals surface area contributed by atoms with E-state index in [2.05, 4.69) is 10.6 Å². The molecule has 2 amide bonds. The molecule has 1 aromatic carbocycles. The molecule has 1 rings (SSSR count). The number of aliphatic hydroxyl groups excluding tert-OH is 1. The van der Waals surface area contributed by atoms with Crippen LogP contribution in [-0.2, 0) is 11.2 Å². The number of carbonyl (C=O) groups excluding carboxylic acids is 1. The van der Waals surface area contributed by atoms with Gasteiger partial charge < -0.3 is 20.5 Å². The van der Waals surface area contributed by atoms with E-state index in [9.17, 15) is 9.90 Å². The van der Waals surface area contributed by atoms with Gasteiger partial charge in [0.25, 0.3) is 0 Å². The molecule has 1 atom stereocenters. The number of methoxy groups -OCH3 is 1. The second-order valence-corrected chi connectivity index (χ2v) is 3.97. The Hall–Kier alpha value is -1.59. The fourth-order valence-corrected chi connectivity index (χ4v) is 1.50. The molecule has 0 saturated carbocycles. The number of ether oxygens (including phenoxy) is 1. The van der Waals surface area contributed by atoms with Crippen molar-refractivity contribution in [3.8, 4) is 0 Å². The predicted octanol–water partition coefficient (Wildman–Crippen LogP) is 0.536. The lowest BCUT2D eigenvalue weighted by Crippen LogP contribution is -2.41. The normalized spacial score (nSPS) is 11.9. The lowest BCUT2D eigenvalue weighted by atomic mass is 10.1. The Morgan fingerprint density at radius 1 is 1.33 bits per heavy atom. The van der Waals surface area contributed by atoms with Gasteiger partial charge in [-0.05, 0) is 5.56 Å². The highest BCUT2D eigenvalue weighted by Gasteiger charge is 2.07. The zero-order valence-corrected chi connectivity index (χ0v) is 10.6. The first-order valence-electron chi connectivity index (χ1n) is 5.95. The first-order valence-corrected chi connectivity index (χ1v) is 5.95. The van der Waals surface area contributed by atoms with Crippen LogP contribution in [0.4, 0.5) is 4.79 Å². The maximum Gasteiger partial charge on any atom is 0.314 e. The molecule has 0 aliphatic heterocycles. The topological polar surface area (TPSA) is 70.6 Å². The third-order valence-corrected chi connectivity index (χ3v) is 2.40. The van der Waals surface area contributed by atoms with Crippen LogP contribution in [0.1, 0.15) is 5.56 Å². The van der Waals surface area contributed by atoms with Crippen LogP contribution in [0, 0.1) is 0 Å². The van der Waals surface area contributed by atoms with E-state index in [4.69, 9.17) is 4.74 Å². The molecule has 1 aromatic rings. The minimum atomic E-state index is -0.583. The second kappa shape index (κ2) is 8.49. The summed E-state index contributed by atoms with van der Waals surface area (Å²) in [7, 11) is 1.57. The van der Waals surface area contributed by atoms with Gasteiger partial charge in [-0.15, -0.1) is 0 Å². The smallest absolute Gasteiger partial charge is 0.314 e. The van der Waals surface area contributed by atoms with E-state index < -0.39 is 6.10 Å². The van der Waals surface area contributed by atoms with Crippen molar-refractivity contribution in [3.05, 3.63) is 35.9 Å². The SMILES string of the molecule is COCCNC(=O)NC[C@@H](O)Cc1ccccc1. The Labute approximate surface area is 107 Å². The number of benzene rings is 1. The van der Waals surface area contributed by atoms with Crippen LogP contribution in [0.25, 0.3) is 0 Å². The van der Waals surface area contributed by atoms with Gasteiger partial charge in [-0.1, -0.05) is 30.3 Å². The summed E-state index contributed by atoms with van der Waals surface area (Å²) in [5.41, 5.74) is 1.05. The van der Waals surface area contributed by atoms with Crippen LogP contribution in [0.5, 0.6) is 0 Å². The predicted molar refractivity (Wildman–Crippen MR) is 69.4 cm³/mol. The van der Waals surface area contributed by atoms with Crippen molar-refractivity contribution in [1.82, 2.24) is 10.6 Å². The van der Waals surface area contributed by atoms with E-state index in [1.807, 2.05) is 30.3 Å². The average Bonchev–Trinajstić information content (AvgIpc) is 2.38. The number of hydrogen-bond donors (Lipinski definition) is 3. The van der Waals surface area contributed by atoms with Gasteiger partial charge in [0.2, 0.25) is 0 Å². The Bertz CT molecular complexity index is 343. The fourth-order valence-electron chi connectivity index (χ4n) is 1.50. The maximum absolute atomic E-state index is 11.3. The minimum Gasteiger partial charge on any atom is -0.391 e. The summed E-state index contributed by atoms with van der Waals surface area (Å²) in [6.45, 7) is 1.16. The van der Waals surface area contributed by atoms with E-state index >= 15 is 0 Å². The number of hydrogen-bond acceptors (Lipinski definition) is 3. The van der Waals surface area contributed by atoms with Crippen molar-refractivity contribution in [3.63, 3.8) is 0 Å². The zero-order chi connectivity index (χ0) is 13.2. The molecule has 0 aliphatic rings. The maximum atomic E-state index is 11.3. The van der Waals surface area contributed by atoms with Gasteiger partial charge in [0.05, 0.1) is 12.7 Å². The Morgan fingerprint density at radius 2 is 2.06 bits per heavy atom. The summed E-state index contributed by atoms with van der Waals surface area (Å²) < 4.78 is 4.80. The molecule has 0 aliphatic carbocycles. The van der Waals surface area contributed by atoms with Crippen LogP contribution < -0.4 is 10.6 Å². The fraction of sp³-hybridized carbons (Fsp3) is 0.462. The molecular weight excluding hydrogens is 232 g/mol. The number of urea groups is 1. The summed E-state index contributed by atoms with van der Waals surface area (Å²) in [6, 6.07) is 9.38. The quantitative estimate of drug-likeness (QED) is 0.620. The van der Waals surface area contributed by atoms with Gasteiger partial charge >= 0.3 is 6.03 Å². The molecule has 5 heteroatoms. The van der Waals surface area contributed by atoms with Crippen LogP contribution in [0.2, 0.25) is 0 Å². The lowest BCUT2D eigenvalue weighted by Gasteiger charge is -2.12. The molecule has 3 N–H and O–H groups in total. The second-order valence-electron chi connectivity index (χ2n) is 3.97. The molecule has 18 heavy (non-hydrogen) atoms. The highest BCUT2D eigenvalue weighted by Crippen LogP contribution is 2.02. The molecular formula is C13H20N2O3. The number of aliphatic hydroxyl groups is 1. The molecule has 5 nitrogen and oxygen atoms in total. The first-order chi connectivity index (χ1) is 8.72. The van der Waals surface area contributed by atoms with Crippen molar-refractivity contribution in [1.29, 1.82) is 0 Å². The number of carbonyl (C=O) groups is 1. The Kier molecular flexibility index (Phi) is 6.83. The average molecular weight is 252 g/mol. The molecule has 0 saturated heterocycles. The van der Waals surface area contributed by atoms with Crippen molar-refractivity contribution in [2.75, 3.05) is 26.8 Å². The van der Waals surface area contributed by atoms with Gasteiger partial charge in [-0.25, -0.2) is 4.79 Å². The summed E-state index contributed by atoms with van der Waals surface area (Å²) in [5.74, 6) is 0. The third-order valence-electron chi connectivity index (χ3n) is 2.40. The number of nitrogens with one attached hydrogen (secondary N) is 2. The number of rotatable bonds is 7. The molecule has 0 fully saturated rings. The van der Waals surface area contributed by atoms with Gasteiger partial charge in [-0.3, -0.25) is 0 Å². The molecule has 100 valence electrons. The van der Waals surface area contributed by atoms with E-state index in [1.165, 1.54) is 0 Å². The Morgan fingerprint density at radius 3 is 2.72 bits per heavy atom. The van der Waals surface area contributed by atoms with E-state index in [0.29, 0.717) is 19.6 Å². The lowest BCUT2D eigenvalue weighted by molar-refractivity contribution is 0.168. The van der Waals surface area contributed by atoms with Crippen molar-refractivity contribution in [2.45, 2.75) is 12.5 Å². The molecule has 0 radical (unpaired) electrons. The van der Waals surface area contributed by atoms with Crippen LogP contribution in [0.15, 0.2) is 30.3 Å². The molecule has 0 bridgehead atoms. The summed E-state index contributed by atoms with van der Waals surface area (Å²) in [5, 5.41) is 15.0. The van der Waals surface area contributed by atoms with Crippen LogP contribution in [-0.4, -0.2) is 44.0 Å². The van der Waals surface area contributed by atoms with Gasteiger partial charge in [0.15, 0.2) is 0 Å². The number of amides is 2. The van der Waals surface area contributed by atoms with E-state index in [-0.39, 0.29) is 12.6 Å². The standard InChI is InChI=1S/C13H20N2O3/c1-18-8-7-14-13(17)15-10-12(16)9-11-5-3-2-4-6-11/h2-6,12,16H,7-10H2,1H3,(H2,14,15,17)/t12-/m0/s1. The van der Waals surface area contributed by atoms with E-state index in [0.717, 1.165) is 5.56 Å². The third kappa shape index (κ3) is 6.22. The van der Waals surface area contributed by atoms with Crippen molar-refractivity contribution in [2.24, 2.45) is 0 Å². The molecule has 0 spiro atoms. The Balaban J connectivity index is 2.17. The monoisotopic (exact) mass is 252 g/mol. The summed E-state index contributed by atoms with van der Waals surface area (Å²) >= 11 is 0. The highest BCUT2D eigenvalue weighted by molar-refractivity contribution is 5.73. The largest absolute Gasteiger partial charge is 0.391 e. The minimum absolute atomic E-state index is 0.230. The van der Waals surface area contributed by atoms with Crippen molar-refractivity contribution >= 4 is 6.03 Å². The highest BCUT2D eigenvalue weighted by atomic mass is 16.5. The summed E-state index contributed by atoms with van der Waals surface area (Å²) in [6.07, 6.45) is -0.0558. The molecule has 0 unspecified atom stereocenters. The summed E-state index contributed by atoms with van der Waals surface area (Å²) in [4.78, 5) is 11.3. The first kappa shape index (κ1) is 14.5. The van der Waals surface area contributed by atoms with E-state index in [1.54, 1.807) is 7.11 Å². The van der Waals surface area contributed by atoms with Gasteiger partial charge in [0.1, 0.15) is 0 Å².